The average molecular weight is 588 g/mol. The number of phenols is 1. The number of nitrogens with zero attached hydrogens (tertiary/aromatic N) is 1. The summed E-state index contributed by atoms with van der Waals surface area (Å²) in [6.45, 7) is 0. The van der Waals surface area contributed by atoms with Crippen molar-refractivity contribution in [3.8, 4) is 5.75 Å². The van der Waals surface area contributed by atoms with Gasteiger partial charge in [-0.2, -0.15) is 0 Å². The number of benzene rings is 2. The van der Waals surface area contributed by atoms with Crippen molar-refractivity contribution in [2.45, 2.75) is 102 Å². The van der Waals surface area contributed by atoms with Gasteiger partial charge in [0.05, 0.1) is 5.69 Å². The van der Waals surface area contributed by atoms with E-state index in [0.29, 0.717) is 17.6 Å². The van der Waals surface area contributed by atoms with Gasteiger partial charge in [-0.05, 0) is 96.9 Å². The van der Waals surface area contributed by atoms with Crippen LogP contribution in [0.2, 0.25) is 0 Å². The van der Waals surface area contributed by atoms with Crippen LogP contribution in [-0.2, 0) is 17.0 Å². The summed E-state index contributed by atoms with van der Waals surface area (Å²) >= 11 is -0.556. The van der Waals surface area contributed by atoms with E-state index >= 15 is 0 Å². The molecule has 4 fully saturated rings. The summed E-state index contributed by atoms with van der Waals surface area (Å²) in [5.41, 5.74) is 4.59. The van der Waals surface area contributed by atoms with E-state index in [4.69, 9.17) is 23.6 Å². The van der Waals surface area contributed by atoms with Crippen molar-refractivity contribution in [2.75, 3.05) is 0 Å². The fraction of sp³-hybridized carbons (Fsp3) is 0.606. The average Bonchev–Trinajstić information content (AvgIpc) is 2.97. The Morgan fingerprint density at radius 2 is 1.42 bits per heavy atom. The molecule has 4 aliphatic carbocycles. The summed E-state index contributed by atoms with van der Waals surface area (Å²) in [4.78, 5) is 4.76. The molecule has 38 heavy (non-hydrogen) atoms. The molecule has 5 heteroatoms. The van der Waals surface area contributed by atoms with Gasteiger partial charge >= 0.3 is 35.6 Å². The third kappa shape index (κ3) is 6.91. The Kier molecular flexibility index (Phi) is 10.7. The van der Waals surface area contributed by atoms with Crippen molar-refractivity contribution < 1.29 is 22.1 Å². The Bertz CT molecular complexity index is 1050. The van der Waals surface area contributed by atoms with Crippen LogP contribution in [0.15, 0.2) is 47.5 Å². The van der Waals surface area contributed by atoms with Crippen molar-refractivity contribution in [1.82, 2.24) is 0 Å². The number of aromatic hydroxyl groups is 1. The van der Waals surface area contributed by atoms with Crippen molar-refractivity contribution in [2.24, 2.45) is 28.7 Å². The van der Waals surface area contributed by atoms with Gasteiger partial charge in [0.2, 0.25) is 0 Å². The quantitative estimate of drug-likeness (QED) is 0.280. The number of aliphatic imine (C=N–C) groups is 1. The molecule has 0 saturated heterocycles. The van der Waals surface area contributed by atoms with E-state index in [1.165, 1.54) is 101 Å². The summed E-state index contributed by atoms with van der Waals surface area (Å²) in [5, 5.41) is 11.7. The van der Waals surface area contributed by atoms with E-state index in [2.05, 4.69) is 12.1 Å². The minimum atomic E-state index is -0.556. The van der Waals surface area contributed by atoms with Gasteiger partial charge in [0.15, 0.2) is 0 Å². The van der Waals surface area contributed by atoms with Crippen LogP contribution in [-0.4, -0.2) is 11.3 Å². The minimum absolute atomic E-state index is 0.514. The van der Waals surface area contributed by atoms with Gasteiger partial charge in [-0.25, -0.2) is 0 Å². The number of rotatable bonds is 4. The zero-order chi connectivity index (χ0) is 26.3. The first-order valence-electron chi connectivity index (χ1n) is 15.1. The molecule has 6 rings (SSSR count). The number of hydrogen-bond donors (Lipinski definition) is 1. The predicted molar refractivity (Wildman–Crippen MR) is 158 cm³/mol. The SMILES string of the molecule is Oc1c(C=Nc2ccccc2)cc(C2CCCCC2)cc1C1CCCC2CC3CCCCC3CC21.[Cl][Ti][Cl]. The van der Waals surface area contributed by atoms with E-state index in [1.54, 1.807) is 0 Å². The Balaban J connectivity index is 0.000000937. The molecule has 5 unspecified atom stereocenters. The van der Waals surface area contributed by atoms with Crippen LogP contribution in [0.3, 0.4) is 0 Å². The molecule has 0 aromatic heterocycles. The zero-order valence-electron chi connectivity index (χ0n) is 22.6. The van der Waals surface area contributed by atoms with Crippen molar-refractivity contribution >= 4 is 30.5 Å². The standard InChI is InChI=1S/C33H43NO.2ClH.Ti/c35-33-28(22-34-29-15-5-2-6-16-29)19-27(23-10-3-1-4-11-23)21-32(33)30-17-9-14-26-18-24-12-7-8-13-25(24)20-31(26)30;;;/h2,5-6,15-16,19,21-26,30-31,35H,1,3-4,7-14,17-18,20H2;2*1H;/q;;;+2/p-2. The molecule has 5 atom stereocenters. The summed E-state index contributed by atoms with van der Waals surface area (Å²) in [7, 11) is 9.78. The molecule has 4 aliphatic rings. The Hall–Kier alpha value is -0.796. The fourth-order valence-corrected chi connectivity index (χ4v) is 8.45. The van der Waals surface area contributed by atoms with Gasteiger partial charge in [0, 0.05) is 11.8 Å². The molecule has 0 spiro atoms. The number of para-hydroxylation sites is 1. The molecule has 2 aromatic rings. The summed E-state index contributed by atoms with van der Waals surface area (Å²) in [6, 6.07) is 14.9. The first-order valence-corrected chi connectivity index (χ1v) is 19.4. The second kappa shape index (κ2) is 14.2. The first kappa shape index (κ1) is 28.7. The molecule has 204 valence electrons. The maximum absolute atomic E-state index is 11.7. The van der Waals surface area contributed by atoms with Gasteiger partial charge in [-0.15, -0.1) is 0 Å². The monoisotopic (exact) mass is 587 g/mol. The third-order valence-corrected chi connectivity index (χ3v) is 10.2. The van der Waals surface area contributed by atoms with Gasteiger partial charge in [-0.1, -0.05) is 82.1 Å². The van der Waals surface area contributed by atoms with Crippen LogP contribution in [0, 0.1) is 23.7 Å². The number of phenolic OH excluding ortho intramolecular Hbond substituents is 1. The van der Waals surface area contributed by atoms with E-state index in [9.17, 15) is 5.11 Å². The van der Waals surface area contributed by atoms with Crippen LogP contribution < -0.4 is 0 Å². The summed E-state index contributed by atoms with van der Waals surface area (Å²) in [5.74, 6) is 5.22. The van der Waals surface area contributed by atoms with E-state index < -0.39 is 17.0 Å². The van der Waals surface area contributed by atoms with Gasteiger partial charge < -0.3 is 5.11 Å². The third-order valence-electron chi connectivity index (χ3n) is 10.2. The Morgan fingerprint density at radius 1 is 0.763 bits per heavy atom. The van der Waals surface area contributed by atoms with E-state index in [-0.39, 0.29) is 0 Å². The van der Waals surface area contributed by atoms with E-state index in [0.717, 1.165) is 34.9 Å². The molecule has 0 radical (unpaired) electrons. The molecular weight excluding hydrogens is 545 g/mol. The predicted octanol–water partition coefficient (Wildman–Crippen LogP) is 10.7. The molecule has 2 aromatic carbocycles. The van der Waals surface area contributed by atoms with Crippen molar-refractivity contribution in [3.63, 3.8) is 0 Å². The molecule has 0 heterocycles. The summed E-state index contributed by atoms with van der Waals surface area (Å²) in [6.07, 6.45) is 21.2. The van der Waals surface area contributed by atoms with Crippen LogP contribution >= 0.6 is 18.6 Å². The van der Waals surface area contributed by atoms with Gasteiger partial charge in [0.1, 0.15) is 5.75 Å². The topological polar surface area (TPSA) is 32.6 Å². The Labute approximate surface area is 246 Å². The van der Waals surface area contributed by atoms with Crippen LogP contribution in [0.4, 0.5) is 5.69 Å². The number of hydrogen-bond acceptors (Lipinski definition) is 2. The van der Waals surface area contributed by atoms with Crippen molar-refractivity contribution in [1.29, 1.82) is 0 Å². The summed E-state index contributed by atoms with van der Waals surface area (Å²) < 4.78 is 0. The second-order valence-corrected chi connectivity index (χ2v) is 14.9. The van der Waals surface area contributed by atoms with Crippen LogP contribution in [0.25, 0.3) is 0 Å². The molecular formula is C33H43Cl2NOTi. The van der Waals surface area contributed by atoms with Crippen LogP contribution in [0.5, 0.6) is 5.75 Å². The van der Waals surface area contributed by atoms with Gasteiger partial charge in [0.25, 0.3) is 0 Å². The molecule has 1 N–H and O–H groups in total. The number of fused-ring (bicyclic) bond motifs is 2. The Morgan fingerprint density at radius 3 is 2.16 bits per heavy atom. The van der Waals surface area contributed by atoms with Gasteiger partial charge in [-0.3, -0.25) is 4.99 Å². The van der Waals surface area contributed by atoms with E-state index in [1.807, 2.05) is 36.5 Å². The number of halogens is 2. The van der Waals surface area contributed by atoms with Crippen LogP contribution in [0.1, 0.15) is 118 Å². The normalized spacial score (nSPS) is 29.6. The molecule has 0 bridgehead atoms. The first-order chi connectivity index (χ1) is 18.7. The zero-order valence-corrected chi connectivity index (χ0v) is 25.7. The maximum atomic E-state index is 11.7. The molecule has 0 amide bonds. The molecule has 4 saturated carbocycles. The molecule has 0 aliphatic heterocycles. The molecule has 2 nitrogen and oxygen atoms in total. The fourth-order valence-electron chi connectivity index (χ4n) is 8.45. The van der Waals surface area contributed by atoms with Crippen molar-refractivity contribution in [3.05, 3.63) is 59.2 Å². The second-order valence-electron chi connectivity index (χ2n) is 12.3.